The van der Waals surface area contributed by atoms with Gasteiger partial charge in [-0.05, 0) is 71.6 Å². The summed E-state index contributed by atoms with van der Waals surface area (Å²) in [6.07, 6.45) is -7.47. The minimum atomic E-state index is -6.29. The van der Waals surface area contributed by atoms with E-state index in [4.69, 9.17) is 9.47 Å². The predicted octanol–water partition coefficient (Wildman–Crippen LogP) is 6.69. The summed E-state index contributed by atoms with van der Waals surface area (Å²) in [5.74, 6) is -10.3. The summed E-state index contributed by atoms with van der Waals surface area (Å²) in [6.45, 7) is 9.74. The highest BCUT2D eigenvalue weighted by atomic mass is 19.4. The van der Waals surface area contributed by atoms with E-state index in [1.807, 2.05) is 0 Å². The number of carbonyl (C=O) groups excluding carboxylic acids is 5. The quantitative estimate of drug-likeness (QED) is 0.228. The number of likely N-dealkylation sites (tertiary alicyclic amines) is 1. The van der Waals surface area contributed by atoms with E-state index in [-0.39, 0.29) is 42.3 Å². The van der Waals surface area contributed by atoms with Crippen LogP contribution in [-0.2, 0) is 36.7 Å². The molecule has 3 amide bonds. The van der Waals surface area contributed by atoms with Gasteiger partial charge in [-0.25, -0.2) is 9.59 Å². The van der Waals surface area contributed by atoms with E-state index < -0.39 is 77.6 Å². The van der Waals surface area contributed by atoms with Crippen molar-refractivity contribution in [1.29, 1.82) is 0 Å². The molecule has 3 atom stereocenters. The van der Waals surface area contributed by atoms with Gasteiger partial charge in [-0.3, -0.25) is 23.9 Å². The number of amides is 3. The number of nitrogens with zero attached hydrogens (tertiary/aromatic N) is 3. The van der Waals surface area contributed by atoms with E-state index in [2.05, 4.69) is 5.32 Å². The largest absolute Gasteiger partial charge is 0.461 e. The van der Waals surface area contributed by atoms with Gasteiger partial charge in [-0.1, -0.05) is 48.5 Å². The Labute approximate surface area is 309 Å². The first-order valence-corrected chi connectivity index (χ1v) is 17.3. The molecular weight excluding hydrogens is 719 g/mol. The molecule has 0 spiro atoms. The Morgan fingerprint density at radius 1 is 0.852 bits per heavy atom. The van der Waals surface area contributed by atoms with Crippen molar-refractivity contribution in [2.75, 3.05) is 13.6 Å². The average molecular weight is 765 g/mol. The number of benzene rings is 2. The summed E-state index contributed by atoms with van der Waals surface area (Å²) >= 11 is 0. The van der Waals surface area contributed by atoms with Gasteiger partial charge in [0.05, 0.1) is 11.6 Å². The van der Waals surface area contributed by atoms with Crippen molar-refractivity contribution in [3.63, 3.8) is 0 Å². The van der Waals surface area contributed by atoms with Gasteiger partial charge in [0, 0.05) is 38.0 Å². The van der Waals surface area contributed by atoms with Crippen LogP contribution in [-0.4, -0.2) is 99.2 Å². The van der Waals surface area contributed by atoms with Crippen LogP contribution in [0.25, 0.3) is 10.9 Å². The summed E-state index contributed by atoms with van der Waals surface area (Å²) in [5, 5.41) is 2.32. The van der Waals surface area contributed by atoms with Gasteiger partial charge in [0.25, 0.3) is 0 Å². The van der Waals surface area contributed by atoms with Gasteiger partial charge in [-0.2, -0.15) is 22.0 Å². The van der Waals surface area contributed by atoms with E-state index in [0.29, 0.717) is 5.56 Å². The number of hydrogen-bond acceptors (Lipinski definition) is 7. The lowest BCUT2D eigenvalue weighted by Crippen LogP contribution is -2.59. The molecular formula is C38H45F5N4O7. The van der Waals surface area contributed by atoms with Crippen LogP contribution in [0.2, 0.25) is 0 Å². The van der Waals surface area contributed by atoms with Gasteiger partial charge in [0.1, 0.15) is 23.3 Å². The molecule has 0 bridgehead atoms. The standard InChI is InChI=1S/C38H45F5N4O7/c1-35(2,3)53-33(51)45(7)29(20-23-14-9-8-10-15-23)32(50)46-19-13-18-28(46)31(49)44-26(30(48)37(39,40)38(41,42)43)21-24-22-47(34(52)54-36(4,5)6)27-17-12-11-16-25(24)27/h8-12,14-17,22,26,28-29H,13,18-21H2,1-7H3,(H,44,49)/t26-,28?,29+/m0/s1. The van der Waals surface area contributed by atoms with Crippen molar-refractivity contribution in [2.45, 2.75) is 109 Å². The molecule has 2 heterocycles. The van der Waals surface area contributed by atoms with Gasteiger partial charge in [0.15, 0.2) is 0 Å². The Morgan fingerprint density at radius 2 is 1.44 bits per heavy atom. The molecule has 3 aromatic rings. The van der Waals surface area contributed by atoms with Crippen molar-refractivity contribution in [3.8, 4) is 0 Å². The molecule has 54 heavy (non-hydrogen) atoms. The average Bonchev–Trinajstić information content (AvgIpc) is 3.70. The Hall–Kier alpha value is -5.02. The summed E-state index contributed by atoms with van der Waals surface area (Å²) in [7, 11) is 1.35. The fourth-order valence-electron chi connectivity index (χ4n) is 6.11. The van der Waals surface area contributed by atoms with E-state index in [1.54, 1.807) is 77.9 Å². The number of ether oxygens (including phenoxy) is 2. The molecule has 1 N–H and O–H groups in total. The third-order valence-electron chi connectivity index (χ3n) is 8.65. The molecule has 2 aromatic carbocycles. The lowest BCUT2D eigenvalue weighted by atomic mass is 9.97. The number of ketones is 1. The smallest absolute Gasteiger partial charge is 0.444 e. The van der Waals surface area contributed by atoms with Crippen LogP contribution in [0.5, 0.6) is 0 Å². The van der Waals surface area contributed by atoms with Crippen LogP contribution in [0.3, 0.4) is 0 Å². The second kappa shape index (κ2) is 15.8. The fourth-order valence-corrected chi connectivity index (χ4v) is 6.11. The number of alkyl halides is 5. The molecule has 0 saturated carbocycles. The molecule has 1 unspecified atom stereocenters. The normalized spacial score (nSPS) is 16.4. The molecule has 1 saturated heterocycles. The monoisotopic (exact) mass is 764 g/mol. The summed E-state index contributed by atoms with van der Waals surface area (Å²) < 4.78 is 82.1. The first kappa shape index (κ1) is 41.7. The van der Waals surface area contributed by atoms with Gasteiger partial charge >= 0.3 is 24.3 Å². The van der Waals surface area contributed by atoms with Crippen molar-refractivity contribution >= 4 is 40.7 Å². The maximum Gasteiger partial charge on any atom is 0.461 e. The van der Waals surface area contributed by atoms with E-state index in [0.717, 1.165) is 20.6 Å². The molecule has 4 rings (SSSR count). The second-order valence-corrected chi connectivity index (χ2v) is 15.2. The Kier molecular flexibility index (Phi) is 12.2. The highest BCUT2D eigenvalue weighted by molar-refractivity contribution is 5.98. The summed E-state index contributed by atoms with van der Waals surface area (Å²) in [4.78, 5) is 69.6. The van der Waals surface area contributed by atoms with Crippen LogP contribution in [0.1, 0.15) is 65.5 Å². The number of rotatable bonds is 10. The second-order valence-electron chi connectivity index (χ2n) is 15.2. The zero-order valence-corrected chi connectivity index (χ0v) is 31.1. The molecule has 1 aliphatic rings. The number of halogens is 5. The number of carbonyl (C=O) groups is 5. The number of Topliss-reactive ketones (excluding diaryl/α,β-unsaturated/α-hetero) is 1. The van der Waals surface area contributed by atoms with E-state index >= 15 is 0 Å². The highest BCUT2D eigenvalue weighted by Crippen LogP contribution is 2.38. The predicted molar refractivity (Wildman–Crippen MR) is 188 cm³/mol. The van der Waals surface area contributed by atoms with E-state index in [9.17, 15) is 45.9 Å². The first-order chi connectivity index (χ1) is 24.9. The van der Waals surface area contributed by atoms with Crippen LogP contribution in [0.4, 0.5) is 31.5 Å². The molecule has 1 fully saturated rings. The highest BCUT2D eigenvalue weighted by Gasteiger charge is 2.64. The van der Waals surface area contributed by atoms with Crippen molar-refractivity contribution in [2.24, 2.45) is 0 Å². The third kappa shape index (κ3) is 9.74. The molecule has 294 valence electrons. The van der Waals surface area contributed by atoms with Crippen molar-refractivity contribution in [1.82, 2.24) is 19.7 Å². The Bertz CT molecular complexity index is 1860. The summed E-state index contributed by atoms with van der Waals surface area (Å²) in [5.41, 5.74) is -0.989. The number of hydrogen-bond donors (Lipinski definition) is 1. The lowest BCUT2D eigenvalue weighted by molar-refractivity contribution is -0.269. The van der Waals surface area contributed by atoms with Gasteiger partial charge in [0.2, 0.25) is 17.6 Å². The zero-order chi connectivity index (χ0) is 40.4. The van der Waals surface area contributed by atoms with Crippen LogP contribution < -0.4 is 5.32 Å². The van der Waals surface area contributed by atoms with Crippen molar-refractivity contribution < 1.29 is 55.4 Å². The Morgan fingerprint density at radius 3 is 2.04 bits per heavy atom. The van der Waals surface area contributed by atoms with Gasteiger partial charge in [-0.15, -0.1) is 0 Å². The number of para-hydroxylation sites is 1. The first-order valence-electron chi connectivity index (χ1n) is 17.3. The van der Waals surface area contributed by atoms with Crippen molar-refractivity contribution in [3.05, 3.63) is 71.9 Å². The fraction of sp³-hybridized carbons (Fsp3) is 0.500. The van der Waals surface area contributed by atoms with Gasteiger partial charge < -0.3 is 19.7 Å². The molecule has 0 radical (unpaired) electrons. The SMILES string of the molecule is CN(C(=O)OC(C)(C)C)[C@H](Cc1ccccc1)C(=O)N1CCCC1C(=O)N[C@@H](Cc1cn(C(=O)OC(C)(C)C)c2ccccc12)C(=O)C(F)(F)C(F)(F)F. The number of likely N-dealkylation sites (N-methyl/N-ethyl adjacent to an activating group) is 1. The lowest BCUT2D eigenvalue weighted by Gasteiger charge is -2.34. The zero-order valence-electron chi connectivity index (χ0n) is 31.1. The van der Waals surface area contributed by atoms with Crippen LogP contribution >= 0.6 is 0 Å². The Balaban J connectivity index is 1.69. The summed E-state index contributed by atoms with van der Waals surface area (Å²) in [6, 6.07) is 9.70. The third-order valence-corrected chi connectivity index (χ3v) is 8.65. The number of aromatic nitrogens is 1. The minimum Gasteiger partial charge on any atom is -0.444 e. The van der Waals surface area contributed by atoms with E-state index in [1.165, 1.54) is 25.2 Å². The molecule has 16 heteroatoms. The van der Waals surface area contributed by atoms with Crippen LogP contribution in [0, 0.1) is 0 Å². The maximum absolute atomic E-state index is 14.7. The minimum absolute atomic E-state index is 0.000876. The number of fused-ring (bicyclic) bond motifs is 1. The number of nitrogens with one attached hydrogen (secondary N) is 1. The van der Waals surface area contributed by atoms with Crippen LogP contribution in [0.15, 0.2) is 60.8 Å². The molecule has 1 aliphatic heterocycles. The molecule has 11 nitrogen and oxygen atoms in total. The maximum atomic E-state index is 14.7. The topological polar surface area (TPSA) is 127 Å². The molecule has 0 aliphatic carbocycles. The molecule has 1 aromatic heterocycles.